The Bertz CT molecular complexity index is 232. The molecule has 0 radical (unpaired) electrons. The van der Waals surface area contributed by atoms with Gasteiger partial charge in [-0.2, -0.15) is 0 Å². The number of aliphatic hydroxyl groups is 1. The number of β-amino-alcohol motifs (C(OH)–C–C–N with tert-alkyl or cyclic N) is 1. The Hall–Kier alpha value is -0.900. The molecule has 1 aliphatic heterocycles. The van der Waals surface area contributed by atoms with Gasteiger partial charge in [-0.15, -0.1) is 0 Å². The number of rotatable bonds is 3. The second-order valence-electron chi connectivity index (χ2n) is 4.42. The smallest absolute Gasteiger partial charge is 0.229 e. The van der Waals surface area contributed by atoms with Gasteiger partial charge in [0, 0.05) is 12.8 Å². The van der Waals surface area contributed by atoms with E-state index in [0.717, 1.165) is 12.8 Å². The van der Waals surface area contributed by atoms with Crippen LogP contribution in [0.25, 0.3) is 0 Å². The largest absolute Gasteiger partial charge is 0.391 e. The minimum atomic E-state index is -0.615. The number of likely N-dealkylation sites (tertiary alicyclic amines) is 1. The van der Waals surface area contributed by atoms with Crippen molar-refractivity contribution in [1.29, 1.82) is 0 Å². The van der Waals surface area contributed by atoms with Crippen molar-refractivity contribution in [3.05, 3.63) is 0 Å². The average Bonchev–Trinajstić information content (AvgIpc) is 2.32. The summed E-state index contributed by atoms with van der Waals surface area (Å²) in [4.78, 5) is 24.4. The zero-order valence-corrected chi connectivity index (χ0v) is 9.40. The molecular formula is C11H19NO3. The van der Waals surface area contributed by atoms with Crippen molar-refractivity contribution in [2.75, 3.05) is 6.54 Å². The lowest BCUT2D eigenvalue weighted by atomic mass is 10.1. The molecule has 0 saturated carbocycles. The zero-order chi connectivity index (χ0) is 11.4. The lowest BCUT2D eigenvalue weighted by Gasteiger charge is -2.23. The van der Waals surface area contributed by atoms with Gasteiger partial charge in [0.2, 0.25) is 11.8 Å². The van der Waals surface area contributed by atoms with Gasteiger partial charge in [0.25, 0.3) is 0 Å². The van der Waals surface area contributed by atoms with Gasteiger partial charge in [0.15, 0.2) is 0 Å². The molecule has 4 nitrogen and oxygen atoms in total. The van der Waals surface area contributed by atoms with Gasteiger partial charge in [-0.3, -0.25) is 14.5 Å². The third-order valence-electron chi connectivity index (χ3n) is 2.77. The standard InChI is InChI=1S/C11H19NO3/c1-8(2)9(13)7-12-10(14)5-3-4-6-11(12)15/h8-9,13H,3-7H2,1-2H3. The van der Waals surface area contributed by atoms with E-state index in [1.807, 2.05) is 13.8 Å². The first-order valence-corrected chi connectivity index (χ1v) is 5.53. The van der Waals surface area contributed by atoms with E-state index in [-0.39, 0.29) is 24.3 Å². The third kappa shape index (κ3) is 3.30. The van der Waals surface area contributed by atoms with Gasteiger partial charge in [-0.05, 0) is 18.8 Å². The molecule has 1 fully saturated rings. The van der Waals surface area contributed by atoms with Crippen molar-refractivity contribution < 1.29 is 14.7 Å². The van der Waals surface area contributed by atoms with Crippen LogP contribution >= 0.6 is 0 Å². The van der Waals surface area contributed by atoms with Crippen molar-refractivity contribution in [3.63, 3.8) is 0 Å². The first-order chi connectivity index (χ1) is 7.02. The van der Waals surface area contributed by atoms with Crippen molar-refractivity contribution in [1.82, 2.24) is 4.90 Å². The first-order valence-electron chi connectivity index (χ1n) is 5.53. The van der Waals surface area contributed by atoms with Crippen LogP contribution in [0.3, 0.4) is 0 Å². The summed E-state index contributed by atoms with van der Waals surface area (Å²) in [5.74, 6) is -0.219. The van der Waals surface area contributed by atoms with E-state index in [9.17, 15) is 14.7 Å². The molecular weight excluding hydrogens is 194 g/mol. The molecule has 1 atom stereocenters. The summed E-state index contributed by atoms with van der Waals surface area (Å²) in [5.41, 5.74) is 0. The quantitative estimate of drug-likeness (QED) is 0.710. The van der Waals surface area contributed by atoms with Gasteiger partial charge in [0.05, 0.1) is 12.6 Å². The number of carbonyl (C=O) groups is 2. The molecule has 1 unspecified atom stereocenters. The second kappa shape index (κ2) is 5.26. The van der Waals surface area contributed by atoms with Crippen LogP contribution < -0.4 is 0 Å². The number of hydrogen-bond acceptors (Lipinski definition) is 3. The number of hydrogen-bond donors (Lipinski definition) is 1. The van der Waals surface area contributed by atoms with Gasteiger partial charge >= 0.3 is 0 Å². The fourth-order valence-electron chi connectivity index (χ4n) is 1.56. The van der Waals surface area contributed by atoms with Crippen LogP contribution in [-0.4, -0.2) is 34.5 Å². The number of imide groups is 1. The SMILES string of the molecule is CC(C)C(O)CN1C(=O)CCCCC1=O. The van der Waals surface area contributed by atoms with E-state index in [1.165, 1.54) is 4.90 Å². The minimum Gasteiger partial charge on any atom is -0.391 e. The van der Waals surface area contributed by atoms with E-state index < -0.39 is 6.10 Å². The molecule has 0 spiro atoms. The van der Waals surface area contributed by atoms with E-state index in [4.69, 9.17) is 0 Å². The maximum absolute atomic E-state index is 11.6. The fraction of sp³-hybridized carbons (Fsp3) is 0.818. The summed E-state index contributed by atoms with van der Waals surface area (Å²) < 4.78 is 0. The number of nitrogens with zero attached hydrogens (tertiary/aromatic N) is 1. The molecule has 1 N–H and O–H groups in total. The van der Waals surface area contributed by atoms with E-state index in [0.29, 0.717) is 12.8 Å². The maximum Gasteiger partial charge on any atom is 0.229 e. The molecule has 15 heavy (non-hydrogen) atoms. The number of amides is 2. The van der Waals surface area contributed by atoms with Crippen LogP contribution in [0.15, 0.2) is 0 Å². The van der Waals surface area contributed by atoms with Crippen molar-refractivity contribution in [3.8, 4) is 0 Å². The number of carbonyl (C=O) groups excluding carboxylic acids is 2. The predicted molar refractivity (Wildman–Crippen MR) is 56.0 cm³/mol. The molecule has 0 aliphatic carbocycles. The summed E-state index contributed by atoms with van der Waals surface area (Å²) in [6.45, 7) is 3.89. The molecule has 1 saturated heterocycles. The lowest BCUT2D eigenvalue weighted by molar-refractivity contribution is -0.145. The van der Waals surface area contributed by atoms with Gasteiger partial charge in [-0.25, -0.2) is 0 Å². The summed E-state index contributed by atoms with van der Waals surface area (Å²) in [5, 5.41) is 9.66. The summed E-state index contributed by atoms with van der Waals surface area (Å²) >= 11 is 0. The molecule has 0 bridgehead atoms. The summed E-state index contributed by atoms with van der Waals surface area (Å²) in [6, 6.07) is 0. The first kappa shape index (κ1) is 12.2. The van der Waals surface area contributed by atoms with Gasteiger partial charge < -0.3 is 5.11 Å². The van der Waals surface area contributed by atoms with Crippen LogP contribution in [0, 0.1) is 5.92 Å². The highest BCUT2D eigenvalue weighted by atomic mass is 16.3. The molecule has 1 aliphatic rings. The number of aliphatic hydroxyl groups excluding tert-OH is 1. The molecule has 0 aromatic carbocycles. The third-order valence-corrected chi connectivity index (χ3v) is 2.77. The Morgan fingerprint density at radius 3 is 2.07 bits per heavy atom. The Morgan fingerprint density at radius 2 is 1.67 bits per heavy atom. The molecule has 0 aromatic rings. The highest BCUT2D eigenvalue weighted by molar-refractivity contribution is 5.96. The normalized spacial score (nSPS) is 20.7. The van der Waals surface area contributed by atoms with Crippen LogP contribution in [0.1, 0.15) is 39.5 Å². The highest BCUT2D eigenvalue weighted by Crippen LogP contribution is 2.14. The van der Waals surface area contributed by atoms with Crippen molar-refractivity contribution in [2.24, 2.45) is 5.92 Å². The Kier molecular flexibility index (Phi) is 4.27. The molecule has 4 heteroatoms. The summed E-state index contributed by atoms with van der Waals surface area (Å²) in [6.07, 6.45) is 1.79. The highest BCUT2D eigenvalue weighted by Gasteiger charge is 2.26. The van der Waals surface area contributed by atoms with Crippen molar-refractivity contribution in [2.45, 2.75) is 45.6 Å². The molecule has 2 amide bonds. The Morgan fingerprint density at radius 1 is 1.20 bits per heavy atom. The Labute approximate surface area is 90.3 Å². The fourth-order valence-corrected chi connectivity index (χ4v) is 1.56. The van der Waals surface area contributed by atoms with Crippen LogP contribution in [0.2, 0.25) is 0 Å². The minimum absolute atomic E-state index is 0.0638. The molecule has 1 rings (SSSR count). The van der Waals surface area contributed by atoms with Crippen LogP contribution in [-0.2, 0) is 9.59 Å². The predicted octanol–water partition coefficient (Wildman–Crippen LogP) is 0.932. The zero-order valence-electron chi connectivity index (χ0n) is 9.40. The van der Waals surface area contributed by atoms with Gasteiger partial charge in [-0.1, -0.05) is 13.8 Å². The van der Waals surface area contributed by atoms with E-state index in [2.05, 4.69) is 0 Å². The van der Waals surface area contributed by atoms with E-state index in [1.54, 1.807) is 0 Å². The second-order valence-corrected chi connectivity index (χ2v) is 4.42. The molecule has 86 valence electrons. The molecule has 0 aromatic heterocycles. The average molecular weight is 213 g/mol. The Balaban J connectivity index is 2.63. The van der Waals surface area contributed by atoms with Crippen LogP contribution in [0.5, 0.6) is 0 Å². The van der Waals surface area contributed by atoms with Crippen LogP contribution in [0.4, 0.5) is 0 Å². The molecule has 1 heterocycles. The van der Waals surface area contributed by atoms with Gasteiger partial charge in [0.1, 0.15) is 0 Å². The van der Waals surface area contributed by atoms with Crippen molar-refractivity contribution >= 4 is 11.8 Å². The monoisotopic (exact) mass is 213 g/mol. The summed E-state index contributed by atoms with van der Waals surface area (Å²) in [7, 11) is 0. The topological polar surface area (TPSA) is 57.6 Å². The maximum atomic E-state index is 11.6. The van der Waals surface area contributed by atoms with E-state index >= 15 is 0 Å². The lowest BCUT2D eigenvalue weighted by Crippen LogP contribution is -2.42.